The maximum absolute atomic E-state index is 11.8. The van der Waals surface area contributed by atoms with Gasteiger partial charge in [0, 0.05) is 17.7 Å². The van der Waals surface area contributed by atoms with E-state index < -0.39 is 0 Å². The lowest BCUT2D eigenvalue weighted by molar-refractivity contribution is -0.121. The van der Waals surface area contributed by atoms with E-state index in [9.17, 15) is 9.90 Å². The number of benzene rings is 1. The van der Waals surface area contributed by atoms with Crippen LogP contribution in [0.3, 0.4) is 0 Å². The van der Waals surface area contributed by atoms with E-state index in [-0.39, 0.29) is 23.8 Å². The van der Waals surface area contributed by atoms with E-state index in [1.54, 1.807) is 11.8 Å². The van der Waals surface area contributed by atoms with Crippen LogP contribution in [-0.4, -0.2) is 35.2 Å². The Hall–Kier alpha value is -1.00. The first kappa shape index (κ1) is 17.1. The van der Waals surface area contributed by atoms with Crippen molar-refractivity contribution >= 4 is 17.7 Å². The zero-order chi connectivity index (χ0) is 15.0. The summed E-state index contributed by atoms with van der Waals surface area (Å²) in [5, 5.41) is 12.2. The average molecular weight is 295 g/mol. The standard InChI is InChI=1S/C16H25NO2S/c1-12-7-9-14(10-8-12)5-4-6-16(19)17-13(2)15(11-18)20-3/h7-10,13,15,18H,4-6,11H2,1-3H3,(H,17,19). The van der Waals surface area contributed by atoms with Crippen molar-refractivity contribution in [3.63, 3.8) is 0 Å². The Labute approximate surface area is 126 Å². The summed E-state index contributed by atoms with van der Waals surface area (Å²) in [5.74, 6) is 0.0668. The largest absolute Gasteiger partial charge is 0.395 e. The van der Waals surface area contributed by atoms with Crippen LogP contribution in [0.15, 0.2) is 24.3 Å². The molecule has 4 heteroatoms. The molecule has 0 bridgehead atoms. The molecule has 0 aliphatic carbocycles. The second-order valence-corrected chi connectivity index (χ2v) is 6.23. The van der Waals surface area contributed by atoms with Crippen LogP contribution in [0.1, 0.15) is 30.9 Å². The Kier molecular flexibility index (Phi) is 7.70. The van der Waals surface area contributed by atoms with Crippen molar-refractivity contribution in [3.8, 4) is 0 Å². The molecule has 20 heavy (non-hydrogen) atoms. The Bertz CT molecular complexity index is 401. The van der Waals surface area contributed by atoms with Gasteiger partial charge < -0.3 is 10.4 Å². The number of aryl methyl sites for hydroxylation is 2. The summed E-state index contributed by atoms with van der Waals surface area (Å²) in [5.41, 5.74) is 2.53. The number of carbonyl (C=O) groups excluding carboxylic acids is 1. The van der Waals surface area contributed by atoms with Crippen molar-refractivity contribution in [2.75, 3.05) is 12.9 Å². The van der Waals surface area contributed by atoms with Crippen LogP contribution in [0.2, 0.25) is 0 Å². The highest BCUT2D eigenvalue weighted by Crippen LogP contribution is 2.11. The lowest BCUT2D eigenvalue weighted by Gasteiger charge is -2.21. The summed E-state index contributed by atoms with van der Waals surface area (Å²) in [6.45, 7) is 4.10. The Balaban J connectivity index is 2.27. The number of amides is 1. The Morgan fingerprint density at radius 2 is 2.00 bits per heavy atom. The minimum absolute atomic E-state index is 0.00174. The molecule has 1 rings (SSSR count). The summed E-state index contributed by atoms with van der Waals surface area (Å²) in [7, 11) is 0. The van der Waals surface area contributed by atoms with Gasteiger partial charge in [-0.15, -0.1) is 0 Å². The molecule has 0 spiro atoms. The molecule has 1 aromatic carbocycles. The Morgan fingerprint density at radius 3 is 2.55 bits per heavy atom. The molecule has 0 radical (unpaired) electrons. The van der Waals surface area contributed by atoms with Gasteiger partial charge in [-0.05, 0) is 38.5 Å². The molecule has 2 atom stereocenters. The van der Waals surface area contributed by atoms with Gasteiger partial charge in [0.25, 0.3) is 0 Å². The lowest BCUT2D eigenvalue weighted by Crippen LogP contribution is -2.41. The molecule has 0 saturated heterocycles. The van der Waals surface area contributed by atoms with Gasteiger partial charge >= 0.3 is 0 Å². The summed E-state index contributed by atoms with van der Waals surface area (Å²) >= 11 is 1.58. The highest BCUT2D eigenvalue weighted by molar-refractivity contribution is 7.99. The number of aliphatic hydroxyl groups excluding tert-OH is 1. The van der Waals surface area contributed by atoms with Gasteiger partial charge in [0.1, 0.15) is 0 Å². The first-order chi connectivity index (χ1) is 9.56. The predicted molar refractivity (Wildman–Crippen MR) is 86.1 cm³/mol. The minimum atomic E-state index is 0.00174. The summed E-state index contributed by atoms with van der Waals surface area (Å²) in [6, 6.07) is 8.43. The third kappa shape index (κ3) is 5.97. The van der Waals surface area contributed by atoms with Crippen molar-refractivity contribution < 1.29 is 9.90 Å². The molecule has 112 valence electrons. The molecule has 0 saturated carbocycles. The second kappa shape index (κ2) is 9.03. The van der Waals surface area contributed by atoms with Crippen molar-refractivity contribution in [2.45, 2.75) is 44.4 Å². The van der Waals surface area contributed by atoms with Gasteiger partial charge in [0.15, 0.2) is 0 Å². The summed E-state index contributed by atoms with van der Waals surface area (Å²) in [4.78, 5) is 11.8. The fraction of sp³-hybridized carbons (Fsp3) is 0.562. The smallest absolute Gasteiger partial charge is 0.220 e. The van der Waals surface area contributed by atoms with Gasteiger partial charge in [0.2, 0.25) is 5.91 Å². The van der Waals surface area contributed by atoms with Gasteiger partial charge in [-0.25, -0.2) is 0 Å². The number of hydrogen-bond acceptors (Lipinski definition) is 3. The van der Waals surface area contributed by atoms with Gasteiger partial charge in [0.05, 0.1) is 6.61 Å². The van der Waals surface area contributed by atoms with Crippen LogP contribution in [-0.2, 0) is 11.2 Å². The van der Waals surface area contributed by atoms with Gasteiger partial charge in [-0.2, -0.15) is 11.8 Å². The third-order valence-electron chi connectivity index (χ3n) is 3.42. The van der Waals surface area contributed by atoms with Crippen LogP contribution in [0.5, 0.6) is 0 Å². The fourth-order valence-electron chi connectivity index (χ4n) is 2.06. The fourth-order valence-corrected chi connectivity index (χ4v) is 2.69. The zero-order valence-electron chi connectivity index (χ0n) is 12.6. The van der Waals surface area contributed by atoms with E-state index in [2.05, 4.69) is 36.5 Å². The maximum Gasteiger partial charge on any atom is 0.220 e. The van der Waals surface area contributed by atoms with Crippen LogP contribution in [0, 0.1) is 6.92 Å². The van der Waals surface area contributed by atoms with E-state index in [0.717, 1.165) is 12.8 Å². The third-order valence-corrected chi connectivity index (χ3v) is 4.58. The molecule has 2 unspecified atom stereocenters. The molecule has 0 heterocycles. The SMILES string of the molecule is CSC(CO)C(C)NC(=O)CCCc1ccc(C)cc1. The van der Waals surface area contributed by atoms with Crippen LogP contribution in [0.25, 0.3) is 0 Å². The predicted octanol–water partition coefficient (Wildman–Crippen LogP) is 2.55. The molecule has 1 aromatic rings. The van der Waals surface area contributed by atoms with Gasteiger partial charge in [-0.1, -0.05) is 29.8 Å². The number of thioether (sulfide) groups is 1. The summed E-state index contributed by atoms with van der Waals surface area (Å²) in [6.07, 6.45) is 4.25. The number of hydrogen-bond donors (Lipinski definition) is 2. The van der Waals surface area contributed by atoms with Crippen LogP contribution >= 0.6 is 11.8 Å². The van der Waals surface area contributed by atoms with Crippen LogP contribution in [0.4, 0.5) is 0 Å². The Morgan fingerprint density at radius 1 is 1.35 bits per heavy atom. The lowest BCUT2D eigenvalue weighted by atomic mass is 10.1. The van der Waals surface area contributed by atoms with E-state index in [1.165, 1.54) is 11.1 Å². The monoisotopic (exact) mass is 295 g/mol. The summed E-state index contributed by atoms with van der Waals surface area (Å²) < 4.78 is 0. The maximum atomic E-state index is 11.8. The minimum Gasteiger partial charge on any atom is -0.395 e. The van der Waals surface area contributed by atoms with Crippen molar-refractivity contribution in [1.82, 2.24) is 5.32 Å². The first-order valence-corrected chi connectivity index (χ1v) is 8.34. The second-order valence-electron chi connectivity index (χ2n) is 5.15. The normalized spacial score (nSPS) is 13.8. The molecule has 2 N–H and O–H groups in total. The molecule has 1 amide bonds. The first-order valence-electron chi connectivity index (χ1n) is 7.05. The molecular weight excluding hydrogens is 270 g/mol. The quantitative estimate of drug-likeness (QED) is 0.775. The van der Waals surface area contributed by atoms with E-state index in [0.29, 0.717) is 6.42 Å². The highest BCUT2D eigenvalue weighted by Gasteiger charge is 2.16. The van der Waals surface area contributed by atoms with Crippen LogP contribution < -0.4 is 5.32 Å². The molecule has 3 nitrogen and oxygen atoms in total. The van der Waals surface area contributed by atoms with Gasteiger partial charge in [-0.3, -0.25) is 4.79 Å². The van der Waals surface area contributed by atoms with Crippen molar-refractivity contribution in [2.24, 2.45) is 0 Å². The zero-order valence-corrected chi connectivity index (χ0v) is 13.4. The van der Waals surface area contributed by atoms with Crippen molar-refractivity contribution in [1.29, 1.82) is 0 Å². The van der Waals surface area contributed by atoms with Crippen molar-refractivity contribution in [3.05, 3.63) is 35.4 Å². The number of rotatable bonds is 8. The molecule has 0 aromatic heterocycles. The van der Waals surface area contributed by atoms with E-state index in [4.69, 9.17) is 0 Å². The molecule has 0 aliphatic heterocycles. The number of aliphatic hydroxyl groups is 1. The number of carbonyl (C=O) groups is 1. The average Bonchev–Trinajstić information content (AvgIpc) is 2.42. The molecule has 0 aliphatic rings. The highest BCUT2D eigenvalue weighted by atomic mass is 32.2. The topological polar surface area (TPSA) is 49.3 Å². The molecule has 0 fully saturated rings. The van der Waals surface area contributed by atoms with E-state index >= 15 is 0 Å². The number of nitrogens with one attached hydrogen (secondary N) is 1. The van der Waals surface area contributed by atoms with E-state index in [1.807, 2.05) is 13.2 Å². The molecular formula is C16H25NO2S.